The first-order valence-corrected chi connectivity index (χ1v) is 8.64. The first-order valence-electron chi connectivity index (χ1n) is 8.64. The lowest BCUT2D eigenvalue weighted by atomic mass is 9.75. The normalized spacial score (nSPS) is 28.4. The summed E-state index contributed by atoms with van der Waals surface area (Å²) in [5, 5.41) is 3.94. The molecule has 0 amide bonds. The number of nitrogens with one attached hydrogen (secondary N) is 1. The molecule has 2 aliphatic carbocycles. The van der Waals surface area contributed by atoms with Crippen LogP contribution < -0.4 is 5.32 Å². The van der Waals surface area contributed by atoms with Crippen molar-refractivity contribution in [1.29, 1.82) is 0 Å². The second-order valence-electron chi connectivity index (χ2n) is 6.99. The highest BCUT2D eigenvalue weighted by molar-refractivity contribution is 5.27. The Morgan fingerprint density at radius 2 is 1.60 bits per heavy atom. The predicted octanol–water partition coefficient (Wildman–Crippen LogP) is 4.94. The Balaban J connectivity index is 1.45. The topological polar surface area (TPSA) is 12.0 Å². The van der Waals surface area contributed by atoms with Crippen LogP contribution in [0.4, 0.5) is 0 Å². The van der Waals surface area contributed by atoms with Crippen molar-refractivity contribution in [2.45, 2.75) is 82.7 Å². The standard InChI is InChI=1S/C19H29N/c1-15-8-7-9-16(12-15)17-13-19(14-17)20-18-10-5-3-2-4-6-11-18/h7-9,12,17-20H,2-6,10-11,13-14H2,1H3. The molecule has 1 heteroatoms. The van der Waals surface area contributed by atoms with Crippen molar-refractivity contribution in [1.82, 2.24) is 5.32 Å². The van der Waals surface area contributed by atoms with E-state index >= 15 is 0 Å². The first kappa shape index (κ1) is 14.1. The highest BCUT2D eigenvalue weighted by atomic mass is 15.0. The molecule has 1 aromatic carbocycles. The van der Waals surface area contributed by atoms with Crippen LogP contribution in [-0.4, -0.2) is 12.1 Å². The maximum atomic E-state index is 3.94. The minimum absolute atomic E-state index is 0.782. The molecule has 0 spiro atoms. The van der Waals surface area contributed by atoms with Gasteiger partial charge in [-0.25, -0.2) is 0 Å². The zero-order valence-corrected chi connectivity index (χ0v) is 12.9. The number of hydrogen-bond acceptors (Lipinski definition) is 1. The van der Waals surface area contributed by atoms with E-state index in [9.17, 15) is 0 Å². The molecule has 1 nitrogen and oxygen atoms in total. The number of benzene rings is 1. The van der Waals surface area contributed by atoms with Gasteiger partial charge in [0.2, 0.25) is 0 Å². The van der Waals surface area contributed by atoms with Crippen LogP contribution in [0.1, 0.15) is 74.8 Å². The summed E-state index contributed by atoms with van der Waals surface area (Å²) in [6, 6.07) is 10.7. The smallest absolute Gasteiger partial charge is 0.00813 e. The molecule has 0 bridgehead atoms. The van der Waals surface area contributed by atoms with Gasteiger partial charge in [-0.05, 0) is 44.1 Å². The Bertz CT molecular complexity index is 412. The predicted molar refractivity (Wildman–Crippen MR) is 86.2 cm³/mol. The maximum Gasteiger partial charge on any atom is 0.00813 e. The van der Waals surface area contributed by atoms with Crippen molar-refractivity contribution in [3.05, 3.63) is 35.4 Å². The highest BCUT2D eigenvalue weighted by Crippen LogP contribution is 2.37. The Kier molecular flexibility index (Phi) is 4.77. The van der Waals surface area contributed by atoms with Crippen molar-refractivity contribution in [3.63, 3.8) is 0 Å². The van der Waals surface area contributed by atoms with E-state index in [4.69, 9.17) is 0 Å². The van der Waals surface area contributed by atoms with Crippen LogP contribution in [-0.2, 0) is 0 Å². The SMILES string of the molecule is Cc1cccc(C2CC(NC3CCCCCCC3)C2)c1. The molecule has 2 saturated carbocycles. The molecular formula is C19H29N. The van der Waals surface area contributed by atoms with Crippen LogP contribution in [0.15, 0.2) is 24.3 Å². The number of hydrogen-bond donors (Lipinski definition) is 1. The fourth-order valence-electron chi connectivity index (χ4n) is 3.91. The molecule has 0 heterocycles. The van der Waals surface area contributed by atoms with Crippen LogP contribution >= 0.6 is 0 Å². The van der Waals surface area contributed by atoms with Gasteiger partial charge in [0, 0.05) is 12.1 Å². The molecule has 2 aliphatic rings. The van der Waals surface area contributed by atoms with E-state index in [1.807, 2.05) is 0 Å². The quantitative estimate of drug-likeness (QED) is 0.820. The van der Waals surface area contributed by atoms with Crippen LogP contribution in [0.3, 0.4) is 0 Å². The summed E-state index contributed by atoms with van der Waals surface area (Å²) < 4.78 is 0. The zero-order chi connectivity index (χ0) is 13.8. The molecule has 0 aromatic heterocycles. The summed E-state index contributed by atoms with van der Waals surface area (Å²) in [7, 11) is 0. The summed E-state index contributed by atoms with van der Waals surface area (Å²) in [4.78, 5) is 0. The van der Waals surface area contributed by atoms with Gasteiger partial charge in [-0.2, -0.15) is 0 Å². The average molecular weight is 271 g/mol. The molecule has 0 aliphatic heterocycles. The third kappa shape index (κ3) is 3.63. The van der Waals surface area contributed by atoms with Gasteiger partial charge in [-0.15, -0.1) is 0 Å². The molecule has 20 heavy (non-hydrogen) atoms. The molecule has 0 atom stereocenters. The Hall–Kier alpha value is -0.820. The average Bonchev–Trinajstić information content (AvgIpc) is 2.35. The fourth-order valence-corrected chi connectivity index (χ4v) is 3.91. The van der Waals surface area contributed by atoms with Crippen molar-refractivity contribution >= 4 is 0 Å². The third-order valence-electron chi connectivity index (χ3n) is 5.23. The van der Waals surface area contributed by atoms with Crippen LogP contribution in [0, 0.1) is 6.92 Å². The van der Waals surface area contributed by atoms with Gasteiger partial charge >= 0.3 is 0 Å². The highest BCUT2D eigenvalue weighted by Gasteiger charge is 2.31. The van der Waals surface area contributed by atoms with Gasteiger partial charge in [-0.3, -0.25) is 0 Å². The molecule has 1 N–H and O–H groups in total. The first-order chi connectivity index (χ1) is 9.81. The van der Waals surface area contributed by atoms with Gasteiger partial charge in [0.15, 0.2) is 0 Å². The van der Waals surface area contributed by atoms with E-state index in [1.54, 1.807) is 5.56 Å². The van der Waals surface area contributed by atoms with Crippen molar-refractivity contribution in [3.8, 4) is 0 Å². The summed E-state index contributed by atoms with van der Waals surface area (Å²) >= 11 is 0. The monoisotopic (exact) mass is 271 g/mol. The second-order valence-corrected chi connectivity index (χ2v) is 6.99. The van der Waals surface area contributed by atoms with E-state index in [-0.39, 0.29) is 0 Å². The van der Waals surface area contributed by atoms with E-state index in [0.29, 0.717) is 0 Å². The lowest BCUT2D eigenvalue weighted by molar-refractivity contribution is 0.245. The number of rotatable bonds is 3. The molecule has 0 unspecified atom stereocenters. The lowest BCUT2D eigenvalue weighted by Crippen LogP contribution is -2.45. The molecule has 1 aromatic rings. The van der Waals surface area contributed by atoms with Crippen molar-refractivity contribution in [2.75, 3.05) is 0 Å². The largest absolute Gasteiger partial charge is 0.311 e. The lowest BCUT2D eigenvalue weighted by Gasteiger charge is -2.39. The molecular weight excluding hydrogens is 242 g/mol. The molecule has 110 valence electrons. The van der Waals surface area contributed by atoms with E-state index in [0.717, 1.165) is 18.0 Å². The van der Waals surface area contributed by atoms with Crippen LogP contribution in [0.5, 0.6) is 0 Å². The summed E-state index contributed by atoms with van der Waals surface area (Å²) in [6.45, 7) is 2.20. The maximum absolute atomic E-state index is 3.94. The van der Waals surface area contributed by atoms with E-state index in [1.165, 1.54) is 63.4 Å². The fraction of sp³-hybridized carbons (Fsp3) is 0.684. The zero-order valence-electron chi connectivity index (χ0n) is 12.9. The number of aryl methyl sites for hydroxylation is 1. The third-order valence-corrected chi connectivity index (χ3v) is 5.23. The Morgan fingerprint density at radius 1 is 0.900 bits per heavy atom. The Morgan fingerprint density at radius 3 is 2.30 bits per heavy atom. The van der Waals surface area contributed by atoms with Gasteiger partial charge in [0.05, 0.1) is 0 Å². The van der Waals surface area contributed by atoms with Gasteiger partial charge < -0.3 is 5.32 Å². The molecule has 3 rings (SSSR count). The summed E-state index contributed by atoms with van der Waals surface area (Å²) in [6.07, 6.45) is 12.8. The Labute approximate surface area is 124 Å². The van der Waals surface area contributed by atoms with Gasteiger partial charge in [-0.1, -0.05) is 61.9 Å². The minimum atomic E-state index is 0.782. The molecule has 2 fully saturated rings. The van der Waals surface area contributed by atoms with Crippen molar-refractivity contribution < 1.29 is 0 Å². The van der Waals surface area contributed by atoms with E-state index in [2.05, 4.69) is 36.5 Å². The molecule has 0 saturated heterocycles. The van der Waals surface area contributed by atoms with Crippen LogP contribution in [0.25, 0.3) is 0 Å². The molecule has 0 radical (unpaired) electrons. The van der Waals surface area contributed by atoms with Crippen LogP contribution in [0.2, 0.25) is 0 Å². The summed E-state index contributed by atoms with van der Waals surface area (Å²) in [5.74, 6) is 0.806. The van der Waals surface area contributed by atoms with Crippen molar-refractivity contribution in [2.24, 2.45) is 0 Å². The van der Waals surface area contributed by atoms with Gasteiger partial charge in [0.25, 0.3) is 0 Å². The van der Waals surface area contributed by atoms with Gasteiger partial charge in [0.1, 0.15) is 0 Å². The van der Waals surface area contributed by atoms with E-state index < -0.39 is 0 Å². The second kappa shape index (κ2) is 6.76. The minimum Gasteiger partial charge on any atom is -0.311 e. The summed E-state index contributed by atoms with van der Waals surface area (Å²) in [5.41, 5.74) is 2.96.